The summed E-state index contributed by atoms with van der Waals surface area (Å²) in [6.07, 6.45) is 3.59. The normalized spacial score (nSPS) is 16.8. The zero-order valence-corrected chi connectivity index (χ0v) is 17.3. The first-order chi connectivity index (χ1) is 12.0. The van der Waals surface area contributed by atoms with Crippen LogP contribution in [0.15, 0.2) is 65.6 Å². The molecule has 0 bridgehead atoms. The van der Waals surface area contributed by atoms with Crippen molar-refractivity contribution in [2.75, 3.05) is 4.90 Å². The van der Waals surface area contributed by atoms with Crippen molar-refractivity contribution in [3.8, 4) is 0 Å². The molecule has 0 aliphatic carbocycles. The van der Waals surface area contributed by atoms with Crippen LogP contribution < -0.4 is 4.90 Å². The fourth-order valence-electron chi connectivity index (χ4n) is 2.19. The van der Waals surface area contributed by atoms with Gasteiger partial charge in [-0.3, -0.25) is 9.69 Å². The lowest BCUT2D eigenvalue weighted by atomic mass is 10.2. The largest absolute Gasteiger partial charge is 0.270 e. The summed E-state index contributed by atoms with van der Waals surface area (Å²) in [5, 5.41) is 0.885. The lowest BCUT2D eigenvalue weighted by Crippen LogP contribution is -2.27. The minimum Gasteiger partial charge on any atom is -0.268 e. The lowest BCUT2D eigenvalue weighted by Gasteiger charge is -2.16. The number of thiocarbonyl (C=S) groups is 1. The molecule has 25 heavy (non-hydrogen) atoms. The van der Waals surface area contributed by atoms with Crippen molar-refractivity contribution in [2.24, 2.45) is 0 Å². The molecule has 0 saturated carbocycles. The Bertz CT molecular complexity index is 913. The van der Waals surface area contributed by atoms with Crippen LogP contribution in [0.5, 0.6) is 0 Å². The first kappa shape index (κ1) is 18.7. The molecule has 0 unspecified atom stereocenters. The van der Waals surface area contributed by atoms with Gasteiger partial charge in [0.05, 0.1) is 15.6 Å². The zero-order valence-electron chi connectivity index (χ0n) is 12.6. The number of hydrogen-bond donors (Lipinski definition) is 0. The van der Waals surface area contributed by atoms with Gasteiger partial charge in [-0.1, -0.05) is 93.4 Å². The Balaban J connectivity index is 1.88. The fraction of sp³-hybridized carbons (Fsp3) is 0. The maximum atomic E-state index is 12.7. The third kappa shape index (κ3) is 4.18. The molecular formula is C18H10BrCl2NOS2. The molecule has 1 amide bonds. The molecule has 1 fully saturated rings. The molecule has 1 saturated heterocycles. The number of carbonyl (C=O) groups is 1. The van der Waals surface area contributed by atoms with E-state index in [0.29, 0.717) is 25.0 Å². The molecule has 2 aromatic rings. The van der Waals surface area contributed by atoms with Gasteiger partial charge in [0.1, 0.15) is 0 Å². The summed E-state index contributed by atoms with van der Waals surface area (Å²) in [6, 6.07) is 14.8. The Morgan fingerprint density at radius 3 is 2.56 bits per heavy atom. The number of hydrogen-bond acceptors (Lipinski definition) is 3. The minimum atomic E-state index is -0.205. The van der Waals surface area contributed by atoms with E-state index in [4.69, 9.17) is 35.4 Å². The van der Waals surface area contributed by atoms with Crippen LogP contribution in [0.4, 0.5) is 5.69 Å². The molecule has 126 valence electrons. The molecule has 1 heterocycles. The summed E-state index contributed by atoms with van der Waals surface area (Å²) >= 11 is 22.2. The second kappa shape index (κ2) is 8.06. The van der Waals surface area contributed by atoms with Crippen LogP contribution in [0, 0.1) is 0 Å². The Labute approximate surface area is 173 Å². The second-order valence-electron chi connectivity index (χ2n) is 5.02. The summed E-state index contributed by atoms with van der Waals surface area (Å²) in [6.45, 7) is 0. The van der Waals surface area contributed by atoms with Crippen LogP contribution in [-0.2, 0) is 4.79 Å². The highest BCUT2D eigenvalue weighted by atomic mass is 79.9. The van der Waals surface area contributed by atoms with Crippen LogP contribution in [0.2, 0.25) is 10.0 Å². The average molecular weight is 471 g/mol. The van der Waals surface area contributed by atoms with Crippen molar-refractivity contribution in [2.45, 2.75) is 0 Å². The average Bonchev–Trinajstić information content (AvgIpc) is 2.88. The maximum Gasteiger partial charge on any atom is 0.270 e. The number of nitrogens with zero attached hydrogens (tertiary/aromatic N) is 1. The molecule has 1 aliphatic rings. The summed E-state index contributed by atoms with van der Waals surface area (Å²) in [7, 11) is 0. The zero-order chi connectivity index (χ0) is 18.0. The second-order valence-corrected chi connectivity index (χ2v) is 8.39. The number of anilines is 1. The van der Waals surface area contributed by atoms with Gasteiger partial charge in [0.15, 0.2) is 4.32 Å². The molecular weight excluding hydrogens is 461 g/mol. The smallest absolute Gasteiger partial charge is 0.268 e. The molecule has 2 aromatic carbocycles. The van der Waals surface area contributed by atoms with Crippen molar-refractivity contribution >= 4 is 83.5 Å². The molecule has 0 N–H and O–H groups in total. The Morgan fingerprint density at radius 2 is 1.88 bits per heavy atom. The predicted octanol–water partition coefficient (Wildman–Crippen LogP) is 6.68. The number of carbonyl (C=O) groups excluding carboxylic acids is 1. The maximum absolute atomic E-state index is 12.7. The van der Waals surface area contributed by atoms with Crippen LogP contribution >= 0.6 is 63.1 Å². The van der Waals surface area contributed by atoms with Gasteiger partial charge >= 0.3 is 0 Å². The van der Waals surface area contributed by atoms with Crippen LogP contribution in [0.3, 0.4) is 0 Å². The number of rotatable bonds is 3. The summed E-state index contributed by atoms with van der Waals surface area (Å²) < 4.78 is 1.31. The van der Waals surface area contributed by atoms with Gasteiger partial charge in [0, 0.05) is 9.51 Å². The van der Waals surface area contributed by atoms with Gasteiger partial charge in [0.2, 0.25) is 0 Å². The highest BCUT2D eigenvalue weighted by molar-refractivity contribution is 9.15. The Hall–Kier alpha value is -1.11. The molecule has 0 radical (unpaired) electrons. The van der Waals surface area contributed by atoms with E-state index in [0.717, 1.165) is 10.0 Å². The third-order valence-electron chi connectivity index (χ3n) is 3.37. The predicted molar refractivity (Wildman–Crippen MR) is 116 cm³/mol. The highest BCUT2D eigenvalue weighted by Gasteiger charge is 2.34. The Kier molecular flexibility index (Phi) is 6.02. The van der Waals surface area contributed by atoms with E-state index in [9.17, 15) is 4.79 Å². The van der Waals surface area contributed by atoms with E-state index in [-0.39, 0.29) is 5.91 Å². The van der Waals surface area contributed by atoms with Gasteiger partial charge in [-0.25, -0.2) is 0 Å². The van der Waals surface area contributed by atoms with Gasteiger partial charge in [0.25, 0.3) is 5.91 Å². The number of amides is 1. The van der Waals surface area contributed by atoms with Crippen LogP contribution in [0.25, 0.3) is 4.48 Å². The topological polar surface area (TPSA) is 20.3 Å². The molecule has 3 rings (SSSR count). The Morgan fingerprint density at radius 1 is 1.16 bits per heavy atom. The van der Waals surface area contributed by atoms with Crippen molar-refractivity contribution in [1.29, 1.82) is 0 Å². The highest BCUT2D eigenvalue weighted by Crippen LogP contribution is 2.39. The molecule has 2 nitrogen and oxygen atoms in total. The standard InChI is InChI=1S/C18H10BrCl2NOS2/c19-13(11-4-2-1-3-5-11)7-9-16-17(23)22(18(24)25-16)15-8-6-12(20)10-14(15)21/h1-10H/b13-7-,16-9-. The van der Waals surface area contributed by atoms with Gasteiger partial charge in [-0.15, -0.1) is 0 Å². The van der Waals surface area contributed by atoms with E-state index < -0.39 is 0 Å². The van der Waals surface area contributed by atoms with Gasteiger partial charge in [-0.2, -0.15) is 0 Å². The number of benzene rings is 2. The molecule has 0 atom stereocenters. The van der Waals surface area contributed by atoms with Crippen LogP contribution in [0.1, 0.15) is 5.56 Å². The monoisotopic (exact) mass is 469 g/mol. The number of halogens is 3. The third-order valence-corrected chi connectivity index (χ3v) is 5.96. The van der Waals surface area contributed by atoms with E-state index in [1.54, 1.807) is 24.3 Å². The van der Waals surface area contributed by atoms with Crippen LogP contribution in [-0.4, -0.2) is 10.2 Å². The van der Waals surface area contributed by atoms with Gasteiger partial charge < -0.3 is 0 Å². The fourth-order valence-corrected chi connectivity index (χ4v) is 4.31. The minimum absolute atomic E-state index is 0.205. The van der Waals surface area contributed by atoms with Crippen molar-refractivity contribution in [1.82, 2.24) is 0 Å². The van der Waals surface area contributed by atoms with Crippen molar-refractivity contribution in [3.63, 3.8) is 0 Å². The SMILES string of the molecule is O=C1/C(=C/C=C(\Br)c2ccccc2)SC(=S)N1c1ccc(Cl)cc1Cl. The van der Waals surface area contributed by atoms with E-state index in [2.05, 4.69) is 15.9 Å². The first-order valence-corrected chi connectivity index (χ1v) is 9.89. The quantitative estimate of drug-likeness (QED) is 0.368. The molecule has 0 spiro atoms. The molecule has 1 aliphatic heterocycles. The van der Waals surface area contributed by atoms with Gasteiger partial charge in [-0.05, 0) is 35.9 Å². The van der Waals surface area contributed by atoms with Crippen molar-refractivity contribution < 1.29 is 4.79 Å². The molecule has 7 heteroatoms. The summed E-state index contributed by atoms with van der Waals surface area (Å²) in [5.74, 6) is -0.205. The van der Waals surface area contributed by atoms with Crippen molar-refractivity contribution in [3.05, 3.63) is 81.2 Å². The number of allylic oxidation sites excluding steroid dienone is 2. The van der Waals surface area contributed by atoms with E-state index in [1.807, 2.05) is 36.4 Å². The number of thioether (sulfide) groups is 1. The lowest BCUT2D eigenvalue weighted by molar-refractivity contribution is -0.113. The summed E-state index contributed by atoms with van der Waals surface area (Å²) in [4.78, 5) is 14.7. The van der Waals surface area contributed by atoms with E-state index in [1.165, 1.54) is 16.7 Å². The van der Waals surface area contributed by atoms with E-state index >= 15 is 0 Å². The summed E-state index contributed by atoms with van der Waals surface area (Å²) in [5.41, 5.74) is 1.55. The first-order valence-electron chi connectivity index (χ1n) is 7.11. The molecule has 0 aromatic heterocycles.